The second kappa shape index (κ2) is 9.69. The summed E-state index contributed by atoms with van der Waals surface area (Å²) in [5.41, 5.74) is 8.43. The van der Waals surface area contributed by atoms with Gasteiger partial charge in [-0.25, -0.2) is 14.5 Å². The predicted molar refractivity (Wildman–Crippen MR) is 150 cm³/mol. The zero-order valence-electron chi connectivity index (χ0n) is 21.0. The fraction of sp³-hybridized carbons (Fsp3) is 0.107. The average Bonchev–Trinajstić information content (AvgIpc) is 3.56. The molecule has 0 radical (unpaired) electrons. The van der Waals surface area contributed by atoms with Crippen molar-refractivity contribution >= 4 is 39.5 Å². The van der Waals surface area contributed by atoms with Crippen molar-refractivity contribution in [3.05, 3.63) is 101 Å². The van der Waals surface area contributed by atoms with Crippen molar-refractivity contribution in [2.45, 2.75) is 13.0 Å². The lowest BCUT2D eigenvalue weighted by molar-refractivity contribution is 0.0941. The average molecular weight is 538 g/mol. The van der Waals surface area contributed by atoms with Crippen LogP contribution in [-0.2, 0) is 0 Å². The fourth-order valence-corrected chi connectivity index (χ4v) is 5.45. The number of ether oxygens (including phenoxy) is 1. The molecule has 0 saturated heterocycles. The van der Waals surface area contributed by atoms with Gasteiger partial charge < -0.3 is 15.8 Å². The van der Waals surface area contributed by atoms with Crippen LogP contribution in [0.1, 0.15) is 29.0 Å². The Morgan fingerprint density at radius 2 is 1.92 bits per heavy atom. The van der Waals surface area contributed by atoms with Gasteiger partial charge in [0.25, 0.3) is 16.7 Å². The summed E-state index contributed by atoms with van der Waals surface area (Å²) in [6.45, 7) is 1.82. The summed E-state index contributed by atoms with van der Waals surface area (Å²) in [6.07, 6.45) is 4.95. The molecule has 1 atom stereocenters. The maximum Gasteiger partial charge on any atom is 0.273 e. The fourth-order valence-electron chi connectivity index (χ4n) is 4.69. The molecule has 10 nitrogen and oxygen atoms in total. The van der Waals surface area contributed by atoms with Crippen molar-refractivity contribution in [3.63, 3.8) is 0 Å². The maximum atomic E-state index is 14.2. The zero-order valence-corrected chi connectivity index (χ0v) is 21.8. The number of benzene rings is 2. The van der Waals surface area contributed by atoms with Crippen LogP contribution >= 0.6 is 11.3 Å². The van der Waals surface area contributed by atoms with Crippen LogP contribution in [0.4, 0.5) is 5.82 Å². The number of methoxy groups -OCH3 is 1. The minimum atomic E-state index is -0.569. The smallest absolute Gasteiger partial charge is 0.273 e. The van der Waals surface area contributed by atoms with Gasteiger partial charge in [-0.2, -0.15) is 0 Å². The summed E-state index contributed by atoms with van der Waals surface area (Å²) in [4.78, 5) is 37.0. The number of carbonyl (C=O) groups excluding carboxylic acids is 1. The van der Waals surface area contributed by atoms with Crippen molar-refractivity contribution in [2.75, 3.05) is 12.8 Å². The molecule has 3 N–H and O–H groups in total. The lowest BCUT2D eigenvalue weighted by Crippen LogP contribution is -2.32. The van der Waals surface area contributed by atoms with Crippen molar-refractivity contribution in [1.82, 2.24) is 29.5 Å². The third-order valence-electron chi connectivity index (χ3n) is 6.45. The Balaban J connectivity index is 1.50. The van der Waals surface area contributed by atoms with Gasteiger partial charge in [-0.3, -0.25) is 14.2 Å². The van der Waals surface area contributed by atoms with Crippen molar-refractivity contribution in [1.29, 1.82) is 0 Å². The standard InChI is InChI=1S/C28H23N7O3S/c1-16(32-26(36)23-24(29)33-34-13-7-12-30-25(23)34)20-14-17-8-6-11-19(21-15-31-28(38-2)39-21)22(17)27(37)35(20)18-9-4-3-5-10-18/h3-16H,1-2H3,(H2,29,33)(H,32,36). The number of nitrogens with one attached hydrogen (secondary N) is 1. The second-order valence-electron chi connectivity index (χ2n) is 8.85. The molecular formula is C28H23N7O3S. The lowest BCUT2D eigenvalue weighted by Gasteiger charge is -2.21. The van der Waals surface area contributed by atoms with Gasteiger partial charge >= 0.3 is 0 Å². The number of nitrogen functional groups attached to an aromatic ring is 1. The van der Waals surface area contributed by atoms with Crippen molar-refractivity contribution in [2.24, 2.45) is 0 Å². The van der Waals surface area contributed by atoms with Crippen LogP contribution in [0.3, 0.4) is 0 Å². The number of nitrogens with zero attached hydrogens (tertiary/aromatic N) is 5. The molecule has 39 heavy (non-hydrogen) atoms. The van der Waals surface area contributed by atoms with E-state index in [-0.39, 0.29) is 16.9 Å². The van der Waals surface area contributed by atoms with Crippen LogP contribution in [-0.4, -0.2) is 37.2 Å². The predicted octanol–water partition coefficient (Wildman–Crippen LogP) is 4.24. The highest BCUT2D eigenvalue weighted by Gasteiger charge is 2.24. The van der Waals surface area contributed by atoms with Crippen LogP contribution in [0.2, 0.25) is 0 Å². The summed E-state index contributed by atoms with van der Waals surface area (Å²) in [5, 5.41) is 8.98. The van der Waals surface area contributed by atoms with Crippen molar-refractivity contribution < 1.29 is 9.53 Å². The highest BCUT2D eigenvalue weighted by Crippen LogP contribution is 2.35. The van der Waals surface area contributed by atoms with Gasteiger partial charge in [-0.05, 0) is 36.6 Å². The van der Waals surface area contributed by atoms with Gasteiger partial charge in [0, 0.05) is 35.5 Å². The quantitative estimate of drug-likeness (QED) is 0.325. The van der Waals surface area contributed by atoms with Crippen LogP contribution in [0.5, 0.6) is 5.19 Å². The van der Waals surface area contributed by atoms with E-state index in [9.17, 15) is 9.59 Å². The summed E-state index contributed by atoms with van der Waals surface area (Å²) in [5.74, 6) is -0.367. The van der Waals surface area contributed by atoms with E-state index in [1.54, 1.807) is 36.3 Å². The second-order valence-corrected chi connectivity index (χ2v) is 9.85. The molecule has 6 aromatic rings. The van der Waals surface area contributed by atoms with Crippen LogP contribution in [0.25, 0.3) is 32.5 Å². The first-order valence-corrected chi connectivity index (χ1v) is 12.9. The number of hydrogen-bond acceptors (Lipinski definition) is 8. The number of fused-ring (bicyclic) bond motifs is 2. The lowest BCUT2D eigenvalue weighted by atomic mass is 10.0. The number of para-hydroxylation sites is 1. The normalized spacial score (nSPS) is 12.1. The molecule has 0 aliphatic carbocycles. The minimum Gasteiger partial charge on any atom is -0.473 e. The number of carbonyl (C=O) groups is 1. The molecule has 4 aromatic heterocycles. The van der Waals surface area contributed by atoms with Gasteiger partial charge in [0.2, 0.25) is 0 Å². The molecule has 194 valence electrons. The Kier molecular flexibility index (Phi) is 6.04. The number of hydrogen-bond donors (Lipinski definition) is 2. The maximum absolute atomic E-state index is 14.2. The van der Waals surface area contributed by atoms with Gasteiger partial charge in [-0.15, -0.1) is 5.10 Å². The number of pyridine rings is 1. The van der Waals surface area contributed by atoms with E-state index in [0.29, 0.717) is 27.6 Å². The third-order valence-corrected chi connectivity index (χ3v) is 7.45. The number of aromatic nitrogens is 5. The number of nitrogens with two attached hydrogens (primary N) is 1. The van der Waals surface area contributed by atoms with E-state index in [2.05, 4.69) is 20.4 Å². The number of anilines is 1. The Bertz CT molecular complexity index is 1910. The van der Waals surface area contributed by atoms with Crippen LogP contribution in [0, 0.1) is 0 Å². The molecule has 4 heterocycles. The van der Waals surface area contributed by atoms with Gasteiger partial charge in [0.1, 0.15) is 5.56 Å². The Morgan fingerprint density at radius 3 is 2.69 bits per heavy atom. The van der Waals surface area contributed by atoms with E-state index >= 15 is 0 Å². The molecule has 0 bridgehead atoms. The van der Waals surface area contributed by atoms with Gasteiger partial charge in [-0.1, -0.05) is 47.7 Å². The Hall–Kier alpha value is -5.03. The molecule has 0 saturated carbocycles. The number of rotatable bonds is 6. The third kappa shape index (κ3) is 4.18. The monoisotopic (exact) mass is 537 g/mol. The Labute approximate surface area is 226 Å². The number of thiazole rings is 1. The largest absolute Gasteiger partial charge is 0.473 e. The van der Waals surface area contributed by atoms with E-state index in [1.165, 1.54) is 15.9 Å². The van der Waals surface area contributed by atoms with Crippen LogP contribution < -0.4 is 21.3 Å². The Morgan fingerprint density at radius 1 is 1.10 bits per heavy atom. The minimum absolute atomic E-state index is 0.0713. The summed E-state index contributed by atoms with van der Waals surface area (Å²) in [6, 6.07) is 18.1. The van der Waals surface area contributed by atoms with E-state index in [1.807, 2.05) is 61.5 Å². The van der Waals surface area contributed by atoms with Gasteiger partial charge in [0.05, 0.1) is 23.4 Å². The molecule has 0 aliphatic rings. The van der Waals surface area contributed by atoms with E-state index in [0.717, 1.165) is 15.8 Å². The molecule has 0 fully saturated rings. The molecule has 0 spiro atoms. The highest BCUT2D eigenvalue weighted by atomic mass is 32.1. The molecule has 0 aliphatic heterocycles. The molecule has 1 amide bonds. The summed E-state index contributed by atoms with van der Waals surface area (Å²) < 4.78 is 8.36. The highest BCUT2D eigenvalue weighted by molar-refractivity contribution is 7.16. The van der Waals surface area contributed by atoms with Gasteiger partial charge in [0.15, 0.2) is 11.5 Å². The molecule has 6 rings (SSSR count). The van der Waals surface area contributed by atoms with Crippen LogP contribution in [0.15, 0.2) is 84.0 Å². The number of amides is 1. The topological polar surface area (TPSA) is 129 Å². The van der Waals surface area contributed by atoms with E-state index in [4.69, 9.17) is 10.5 Å². The molecule has 2 aromatic carbocycles. The zero-order chi connectivity index (χ0) is 27.1. The van der Waals surface area contributed by atoms with Crippen molar-refractivity contribution in [3.8, 4) is 21.3 Å². The first-order chi connectivity index (χ1) is 19.0. The SMILES string of the molecule is COc1ncc(-c2cccc3cc(C(C)NC(=O)c4c(N)nn5cccnc45)n(-c4ccccc4)c(=O)c23)s1. The molecular weight excluding hydrogens is 514 g/mol. The summed E-state index contributed by atoms with van der Waals surface area (Å²) in [7, 11) is 1.56. The summed E-state index contributed by atoms with van der Waals surface area (Å²) >= 11 is 1.37. The van der Waals surface area contributed by atoms with E-state index < -0.39 is 11.9 Å². The first kappa shape index (κ1) is 24.3. The first-order valence-electron chi connectivity index (χ1n) is 12.1. The molecule has 11 heteroatoms. The molecule has 1 unspecified atom stereocenters.